The number of unbranched alkanes of at least 4 members (excludes halogenated alkanes) is 1. The van der Waals surface area contributed by atoms with Crippen LogP contribution < -0.4 is 24.0 Å². The molecule has 0 aromatic rings. The molecule has 60 valence electrons. The molecule has 0 aromatic carbocycles. The van der Waals surface area contributed by atoms with Crippen LogP contribution in [0.5, 0.6) is 0 Å². The van der Waals surface area contributed by atoms with Crippen LogP contribution in [0, 0.1) is 0 Å². The van der Waals surface area contributed by atoms with E-state index in [1.807, 2.05) is 0 Å². The minimum absolute atomic E-state index is 0. The Hall–Kier alpha value is 0.557. The minimum atomic E-state index is -0.504. The average molecular weight is 148 g/mol. The molecule has 0 spiro atoms. The van der Waals surface area contributed by atoms with Crippen molar-refractivity contribution in [2.24, 2.45) is 0 Å². The third-order valence-corrected chi connectivity index (χ3v) is 2.50. The van der Waals surface area contributed by atoms with Crippen LogP contribution in [-0.4, -0.2) is 5.60 Å². The first-order valence-electron chi connectivity index (χ1n) is 4.47. The van der Waals surface area contributed by atoms with E-state index in [0.717, 1.165) is 25.7 Å². The van der Waals surface area contributed by atoms with Gasteiger partial charge in [-0.1, -0.05) is 51.9 Å². The SMILES string of the molecule is CCCCC1([O-])CCCC1.[Li+]. The second kappa shape index (κ2) is 5.25. The van der Waals surface area contributed by atoms with E-state index in [4.69, 9.17) is 0 Å². The fourth-order valence-corrected chi connectivity index (χ4v) is 1.77. The molecule has 11 heavy (non-hydrogen) atoms. The molecular weight excluding hydrogens is 131 g/mol. The molecule has 1 rings (SSSR count). The number of rotatable bonds is 3. The van der Waals surface area contributed by atoms with Crippen LogP contribution in [0.4, 0.5) is 0 Å². The van der Waals surface area contributed by atoms with E-state index in [9.17, 15) is 5.11 Å². The molecule has 0 aliphatic heterocycles. The molecule has 1 nitrogen and oxygen atoms in total. The van der Waals surface area contributed by atoms with Gasteiger partial charge in [0, 0.05) is 0 Å². The van der Waals surface area contributed by atoms with E-state index in [-0.39, 0.29) is 18.9 Å². The Bertz CT molecular complexity index is 97.7. The van der Waals surface area contributed by atoms with Gasteiger partial charge in [-0.05, 0) is 0 Å². The summed E-state index contributed by atoms with van der Waals surface area (Å²) in [5, 5.41) is 11.7. The molecule has 0 heterocycles. The standard InChI is InChI=1S/C9H17O.Li/c1-2-3-6-9(10)7-4-5-8-9;/h2-8H2,1H3;/q-1;+1. The Balaban J connectivity index is 0.000001000. The normalized spacial score (nSPS) is 21.3. The summed E-state index contributed by atoms with van der Waals surface area (Å²) in [5.74, 6) is 0. The van der Waals surface area contributed by atoms with E-state index in [1.54, 1.807) is 0 Å². The number of hydrogen-bond donors (Lipinski definition) is 0. The van der Waals surface area contributed by atoms with E-state index in [2.05, 4.69) is 6.92 Å². The largest absolute Gasteiger partial charge is 1.00 e. The number of hydrogen-bond acceptors (Lipinski definition) is 1. The van der Waals surface area contributed by atoms with Gasteiger partial charge in [0.25, 0.3) is 0 Å². The third-order valence-electron chi connectivity index (χ3n) is 2.50. The van der Waals surface area contributed by atoms with Crippen molar-refractivity contribution in [1.29, 1.82) is 0 Å². The first kappa shape index (κ1) is 11.6. The molecule has 0 N–H and O–H groups in total. The van der Waals surface area contributed by atoms with Crippen molar-refractivity contribution in [3.8, 4) is 0 Å². The maximum atomic E-state index is 11.7. The fourth-order valence-electron chi connectivity index (χ4n) is 1.77. The molecular formula is C9H17LiO. The van der Waals surface area contributed by atoms with Crippen molar-refractivity contribution in [1.82, 2.24) is 0 Å². The molecule has 1 aliphatic carbocycles. The van der Waals surface area contributed by atoms with Crippen LogP contribution in [0.25, 0.3) is 0 Å². The molecule has 2 heteroatoms. The van der Waals surface area contributed by atoms with Crippen molar-refractivity contribution in [3.63, 3.8) is 0 Å². The molecule has 0 amide bonds. The van der Waals surface area contributed by atoms with Crippen LogP contribution in [0.1, 0.15) is 51.9 Å². The molecule has 1 fully saturated rings. The smallest absolute Gasteiger partial charge is 0.849 e. The predicted molar refractivity (Wildman–Crippen MR) is 40.7 cm³/mol. The second-order valence-electron chi connectivity index (χ2n) is 3.49. The molecule has 1 aliphatic rings. The zero-order valence-electron chi connectivity index (χ0n) is 7.86. The first-order valence-corrected chi connectivity index (χ1v) is 4.47. The van der Waals surface area contributed by atoms with Crippen molar-refractivity contribution in [3.05, 3.63) is 0 Å². The topological polar surface area (TPSA) is 23.1 Å². The fraction of sp³-hybridized carbons (Fsp3) is 1.00. The van der Waals surface area contributed by atoms with E-state index >= 15 is 0 Å². The van der Waals surface area contributed by atoms with Crippen LogP contribution in [0.15, 0.2) is 0 Å². The van der Waals surface area contributed by atoms with Gasteiger partial charge in [-0.25, -0.2) is 0 Å². The van der Waals surface area contributed by atoms with Crippen LogP contribution >= 0.6 is 0 Å². The van der Waals surface area contributed by atoms with Crippen molar-refractivity contribution < 1.29 is 24.0 Å². The summed E-state index contributed by atoms with van der Waals surface area (Å²) in [5.41, 5.74) is -0.504. The molecule has 1 saturated carbocycles. The van der Waals surface area contributed by atoms with Gasteiger partial charge in [-0.3, -0.25) is 0 Å². The summed E-state index contributed by atoms with van der Waals surface area (Å²) >= 11 is 0. The zero-order chi connectivity index (χ0) is 7.45. The van der Waals surface area contributed by atoms with Crippen molar-refractivity contribution in [2.75, 3.05) is 0 Å². The minimum Gasteiger partial charge on any atom is -0.849 e. The molecule has 0 bridgehead atoms. The molecule has 0 radical (unpaired) electrons. The summed E-state index contributed by atoms with van der Waals surface area (Å²) in [7, 11) is 0. The van der Waals surface area contributed by atoms with Crippen LogP contribution in [0.2, 0.25) is 0 Å². The van der Waals surface area contributed by atoms with Gasteiger partial charge in [0.2, 0.25) is 0 Å². The van der Waals surface area contributed by atoms with Crippen molar-refractivity contribution in [2.45, 2.75) is 57.5 Å². The molecule has 0 aromatic heterocycles. The maximum absolute atomic E-state index is 11.7. The molecule has 0 saturated heterocycles. The first-order chi connectivity index (χ1) is 4.77. The van der Waals surface area contributed by atoms with Crippen LogP contribution in [-0.2, 0) is 0 Å². The maximum Gasteiger partial charge on any atom is 1.00 e. The Morgan fingerprint density at radius 3 is 2.27 bits per heavy atom. The van der Waals surface area contributed by atoms with Gasteiger partial charge >= 0.3 is 18.9 Å². The molecule has 0 unspecified atom stereocenters. The monoisotopic (exact) mass is 148 g/mol. The van der Waals surface area contributed by atoms with Gasteiger partial charge in [-0.15, -0.1) is 5.60 Å². The summed E-state index contributed by atoms with van der Waals surface area (Å²) in [6, 6.07) is 0. The predicted octanol–water partition coefficient (Wildman–Crippen LogP) is -1.15. The zero-order valence-corrected chi connectivity index (χ0v) is 7.86. The van der Waals surface area contributed by atoms with E-state index < -0.39 is 5.60 Å². The quantitative estimate of drug-likeness (QED) is 0.464. The average Bonchev–Trinajstić information content (AvgIpc) is 2.33. The second-order valence-corrected chi connectivity index (χ2v) is 3.49. The Morgan fingerprint density at radius 2 is 1.82 bits per heavy atom. The summed E-state index contributed by atoms with van der Waals surface area (Å²) < 4.78 is 0. The third kappa shape index (κ3) is 3.65. The Morgan fingerprint density at radius 1 is 1.27 bits per heavy atom. The summed E-state index contributed by atoms with van der Waals surface area (Å²) in [4.78, 5) is 0. The van der Waals surface area contributed by atoms with Gasteiger partial charge in [-0.2, -0.15) is 0 Å². The van der Waals surface area contributed by atoms with Crippen molar-refractivity contribution >= 4 is 0 Å². The van der Waals surface area contributed by atoms with E-state index in [1.165, 1.54) is 19.3 Å². The summed E-state index contributed by atoms with van der Waals surface area (Å²) in [6.45, 7) is 2.15. The molecule has 0 atom stereocenters. The van der Waals surface area contributed by atoms with E-state index in [0.29, 0.717) is 0 Å². The Kier molecular flexibility index (Phi) is 5.51. The summed E-state index contributed by atoms with van der Waals surface area (Å²) in [6.07, 6.45) is 7.44. The Labute approximate surface area is 81.7 Å². The van der Waals surface area contributed by atoms with Gasteiger partial charge in [0.05, 0.1) is 0 Å². The van der Waals surface area contributed by atoms with Gasteiger partial charge in [0.15, 0.2) is 0 Å². The van der Waals surface area contributed by atoms with Crippen LogP contribution in [0.3, 0.4) is 0 Å². The van der Waals surface area contributed by atoms with Gasteiger partial charge < -0.3 is 5.11 Å². The van der Waals surface area contributed by atoms with Gasteiger partial charge in [0.1, 0.15) is 0 Å².